The Bertz CT molecular complexity index is 1240. The highest BCUT2D eigenvalue weighted by Gasteiger charge is 2.33. The van der Waals surface area contributed by atoms with Gasteiger partial charge in [-0.1, -0.05) is 23.7 Å². The van der Waals surface area contributed by atoms with E-state index < -0.39 is 40.2 Å². The van der Waals surface area contributed by atoms with Crippen molar-refractivity contribution in [1.82, 2.24) is 9.88 Å². The molecule has 0 bridgehead atoms. The molecular weight excluding hydrogens is 435 g/mol. The van der Waals surface area contributed by atoms with Crippen LogP contribution < -0.4 is 16.6 Å². The van der Waals surface area contributed by atoms with Crippen molar-refractivity contribution in [3.05, 3.63) is 80.7 Å². The molecule has 1 atom stereocenters. The number of amides is 2. The Kier molecular flexibility index (Phi) is 6.08. The summed E-state index contributed by atoms with van der Waals surface area (Å²) in [5.74, 6) is -1.26. The lowest BCUT2D eigenvalue weighted by Gasteiger charge is -2.14. The number of benzene rings is 2. The zero-order valence-corrected chi connectivity index (χ0v) is 16.9. The minimum atomic E-state index is -4.62. The first-order valence-electron chi connectivity index (χ1n) is 9.07. The summed E-state index contributed by atoms with van der Waals surface area (Å²) >= 11 is 5.61. The number of alkyl halides is 3. The van der Waals surface area contributed by atoms with Crippen molar-refractivity contribution in [1.29, 1.82) is 0 Å². The molecule has 0 unspecified atom stereocenters. The molecule has 0 aliphatic rings. The summed E-state index contributed by atoms with van der Waals surface area (Å²) in [5, 5.41) is 2.66. The number of nitrogens with zero attached hydrogens (tertiary/aromatic N) is 1. The van der Waals surface area contributed by atoms with Gasteiger partial charge in [-0.3, -0.25) is 14.4 Å². The standard InChI is InChI=1S/C21H17ClF3N3O3/c1-11(18(26)29)28-8-7-13-14(3-2-4-15(13)20(28)31)19(30)27-10-12-5-6-17(22)16(9-12)21(23,24)25/h2-9,11H,10H2,1H3,(H2,26,29)(H,27,30)/t11-/m1/s1. The average molecular weight is 452 g/mol. The largest absolute Gasteiger partial charge is 0.417 e. The van der Waals surface area contributed by atoms with E-state index in [0.29, 0.717) is 5.39 Å². The van der Waals surface area contributed by atoms with Crippen molar-refractivity contribution in [2.24, 2.45) is 5.73 Å². The number of nitrogens with one attached hydrogen (secondary N) is 1. The van der Waals surface area contributed by atoms with Crippen LogP contribution in [0.15, 0.2) is 53.5 Å². The summed E-state index contributed by atoms with van der Waals surface area (Å²) in [4.78, 5) is 36.8. The lowest BCUT2D eigenvalue weighted by atomic mass is 10.0. The predicted octanol–water partition coefficient (Wildman–Crippen LogP) is 3.65. The van der Waals surface area contributed by atoms with E-state index in [-0.39, 0.29) is 23.1 Å². The summed E-state index contributed by atoms with van der Waals surface area (Å²) in [7, 11) is 0. The zero-order valence-electron chi connectivity index (χ0n) is 16.2. The van der Waals surface area contributed by atoms with Crippen molar-refractivity contribution in [3.63, 3.8) is 0 Å². The Morgan fingerprint density at radius 1 is 1.16 bits per heavy atom. The second-order valence-corrected chi connectivity index (χ2v) is 7.28. The van der Waals surface area contributed by atoms with Gasteiger partial charge in [-0.25, -0.2) is 0 Å². The van der Waals surface area contributed by atoms with Gasteiger partial charge in [0.1, 0.15) is 6.04 Å². The van der Waals surface area contributed by atoms with Crippen LogP contribution in [0.4, 0.5) is 13.2 Å². The number of hydrogen-bond donors (Lipinski definition) is 2. The summed E-state index contributed by atoms with van der Waals surface area (Å²) in [6.45, 7) is 1.30. The van der Waals surface area contributed by atoms with Gasteiger partial charge < -0.3 is 15.6 Å². The van der Waals surface area contributed by atoms with Gasteiger partial charge in [0.05, 0.1) is 10.6 Å². The van der Waals surface area contributed by atoms with Crippen LogP contribution >= 0.6 is 11.6 Å². The minimum Gasteiger partial charge on any atom is -0.368 e. The second kappa shape index (κ2) is 8.43. The van der Waals surface area contributed by atoms with Crippen LogP contribution in [0.2, 0.25) is 5.02 Å². The van der Waals surface area contributed by atoms with Crippen LogP contribution in [0, 0.1) is 0 Å². The third-order valence-electron chi connectivity index (χ3n) is 4.84. The van der Waals surface area contributed by atoms with Gasteiger partial charge in [-0.05, 0) is 42.8 Å². The number of nitrogens with two attached hydrogens (primary N) is 1. The van der Waals surface area contributed by atoms with Gasteiger partial charge in [-0.2, -0.15) is 13.2 Å². The van der Waals surface area contributed by atoms with Crippen molar-refractivity contribution in [2.45, 2.75) is 25.7 Å². The normalized spacial score (nSPS) is 12.5. The fourth-order valence-electron chi connectivity index (χ4n) is 3.11. The first kappa shape index (κ1) is 22.4. The third kappa shape index (κ3) is 4.56. The summed E-state index contributed by atoms with van der Waals surface area (Å²) in [6.07, 6.45) is -3.25. The maximum Gasteiger partial charge on any atom is 0.417 e. The van der Waals surface area contributed by atoms with E-state index in [1.165, 1.54) is 48.0 Å². The van der Waals surface area contributed by atoms with Crippen LogP contribution in [-0.4, -0.2) is 16.4 Å². The van der Waals surface area contributed by atoms with Gasteiger partial charge in [0.2, 0.25) is 5.91 Å². The van der Waals surface area contributed by atoms with E-state index in [1.807, 2.05) is 0 Å². The average Bonchev–Trinajstić information content (AvgIpc) is 2.71. The van der Waals surface area contributed by atoms with Gasteiger partial charge >= 0.3 is 6.18 Å². The number of halogens is 4. The molecule has 3 N–H and O–H groups in total. The lowest BCUT2D eigenvalue weighted by molar-refractivity contribution is -0.137. The molecule has 0 aliphatic heterocycles. The molecule has 1 heterocycles. The summed E-state index contributed by atoms with van der Waals surface area (Å²) < 4.78 is 40.2. The monoisotopic (exact) mass is 451 g/mol. The molecule has 0 saturated heterocycles. The number of carbonyl (C=O) groups excluding carboxylic acids is 2. The molecule has 0 fully saturated rings. The highest BCUT2D eigenvalue weighted by atomic mass is 35.5. The third-order valence-corrected chi connectivity index (χ3v) is 5.17. The van der Waals surface area contributed by atoms with Gasteiger partial charge in [0, 0.05) is 29.1 Å². The summed E-state index contributed by atoms with van der Waals surface area (Å²) in [5.41, 5.74) is 4.15. The second-order valence-electron chi connectivity index (χ2n) is 6.87. The highest BCUT2D eigenvalue weighted by Crippen LogP contribution is 2.35. The van der Waals surface area contributed by atoms with E-state index in [0.717, 1.165) is 12.1 Å². The SMILES string of the molecule is C[C@H](C(N)=O)n1ccc2c(C(=O)NCc3ccc(Cl)c(C(F)(F)F)c3)cccc2c1=O. The molecule has 3 aromatic rings. The Labute approximate surface area is 179 Å². The van der Waals surface area contributed by atoms with Crippen LogP contribution in [0.25, 0.3) is 10.8 Å². The Hall–Kier alpha value is -3.33. The van der Waals surface area contributed by atoms with Crippen molar-refractivity contribution in [2.75, 3.05) is 0 Å². The molecule has 0 radical (unpaired) electrons. The number of rotatable bonds is 5. The predicted molar refractivity (Wildman–Crippen MR) is 110 cm³/mol. The molecule has 2 aromatic carbocycles. The zero-order chi connectivity index (χ0) is 22.9. The number of carbonyl (C=O) groups is 2. The molecule has 162 valence electrons. The first-order chi connectivity index (χ1) is 14.5. The molecule has 1 aromatic heterocycles. The van der Waals surface area contributed by atoms with Crippen LogP contribution in [0.5, 0.6) is 0 Å². The van der Waals surface area contributed by atoms with Gasteiger partial charge in [0.25, 0.3) is 11.5 Å². The van der Waals surface area contributed by atoms with E-state index in [2.05, 4.69) is 5.32 Å². The number of pyridine rings is 1. The van der Waals surface area contributed by atoms with E-state index in [9.17, 15) is 27.6 Å². The molecular formula is C21H17ClF3N3O3. The van der Waals surface area contributed by atoms with E-state index >= 15 is 0 Å². The smallest absolute Gasteiger partial charge is 0.368 e. The van der Waals surface area contributed by atoms with Crippen molar-refractivity contribution in [3.8, 4) is 0 Å². The molecule has 3 rings (SSSR count). The van der Waals surface area contributed by atoms with E-state index in [1.54, 1.807) is 0 Å². The number of primary amides is 1. The van der Waals surface area contributed by atoms with Crippen LogP contribution in [0.1, 0.15) is 34.5 Å². The lowest BCUT2D eigenvalue weighted by Crippen LogP contribution is -2.32. The van der Waals surface area contributed by atoms with Crippen LogP contribution in [0.3, 0.4) is 0 Å². The maximum atomic E-state index is 13.0. The molecule has 31 heavy (non-hydrogen) atoms. The first-order valence-corrected chi connectivity index (χ1v) is 9.45. The molecule has 0 spiro atoms. The molecule has 10 heteroatoms. The van der Waals surface area contributed by atoms with Crippen molar-refractivity contribution < 1.29 is 22.8 Å². The van der Waals surface area contributed by atoms with Gasteiger partial charge in [-0.15, -0.1) is 0 Å². The van der Waals surface area contributed by atoms with E-state index in [4.69, 9.17) is 17.3 Å². The number of aromatic nitrogens is 1. The number of fused-ring (bicyclic) bond motifs is 1. The minimum absolute atomic E-state index is 0.165. The van der Waals surface area contributed by atoms with Crippen molar-refractivity contribution >= 4 is 34.2 Å². The molecule has 0 saturated carbocycles. The molecule has 2 amide bonds. The quantitative estimate of drug-likeness (QED) is 0.620. The van der Waals surface area contributed by atoms with Crippen LogP contribution in [-0.2, 0) is 17.5 Å². The van der Waals surface area contributed by atoms with Gasteiger partial charge in [0.15, 0.2) is 0 Å². The topological polar surface area (TPSA) is 94.2 Å². The Balaban J connectivity index is 1.89. The molecule has 0 aliphatic carbocycles. The summed E-state index contributed by atoms with van der Waals surface area (Å²) in [6, 6.07) is 8.50. The maximum absolute atomic E-state index is 13.0. The molecule has 6 nitrogen and oxygen atoms in total. The fraction of sp³-hybridized carbons (Fsp3) is 0.190. The Morgan fingerprint density at radius 3 is 2.52 bits per heavy atom. The number of hydrogen-bond acceptors (Lipinski definition) is 3. The highest BCUT2D eigenvalue weighted by molar-refractivity contribution is 6.31. The fourth-order valence-corrected chi connectivity index (χ4v) is 3.33. The Morgan fingerprint density at radius 2 is 1.87 bits per heavy atom.